The Morgan fingerprint density at radius 3 is 2.27 bits per heavy atom. The van der Waals surface area contributed by atoms with E-state index in [1.165, 1.54) is 31.2 Å². The molecule has 1 saturated carbocycles. The number of nitrogens with one attached hydrogen (secondary N) is 1. The Hall–Kier alpha value is -2.53. The molecule has 158 valence electrons. The number of imidazole rings is 1. The number of likely N-dealkylation sites (tertiary alicyclic amines) is 1. The van der Waals surface area contributed by atoms with E-state index >= 15 is 0 Å². The molecule has 0 amide bonds. The molecule has 0 atom stereocenters. The number of fused-ring (bicyclic) bond motifs is 1. The standard InChI is InChI=1S/C25H31N3O2/c1-30-22-12-8-19(9-13-22)18-6-10-20(11-7-18)27-16-14-21(15-17-27)28-24-5-3-2-4-23(24)26-25(28)29/h2-5,8-9,12-13,18,20-21H,6-7,10-11,14-17H2,1H3,(H,26,29). The molecule has 2 heterocycles. The Bertz CT molecular complexity index is 1040. The maximum atomic E-state index is 12.5. The summed E-state index contributed by atoms with van der Waals surface area (Å²) in [5, 5.41) is 0. The average molecular weight is 406 g/mol. The van der Waals surface area contributed by atoms with E-state index in [1.54, 1.807) is 7.11 Å². The molecule has 5 rings (SSSR count). The quantitative estimate of drug-likeness (QED) is 0.684. The van der Waals surface area contributed by atoms with Gasteiger partial charge >= 0.3 is 5.69 Å². The summed E-state index contributed by atoms with van der Waals surface area (Å²) in [6.07, 6.45) is 7.18. The predicted molar refractivity (Wildman–Crippen MR) is 120 cm³/mol. The van der Waals surface area contributed by atoms with Crippen LogP contribution in [-0.2, 0) is 0 Å². The number of aromatic amines is 1. The van der Waals surface area contributed by atoms with Gasteiger partial charge in [0.15, 0.2) is 0 Å². The molecular formula is C25H31N3O2. The van der Waals surface area contributed by atoms with E-state index in [1.807, 2.05) is 22.8 Å². The van der Waals surface area contributed by atoms with Crippen molar-refractivity contribution in [3.63, 3.8) is 0 Å². The van der Waals surface area contributed by atoms with Crippen molar-refractivity contribution in [1.29, 1.82) is 0 Å². The molecule has 0 bridgehead atoms. The van der Waals surface area contributed by atoms with E-state index < -0.39 is 0 Å². The zero-order chi connectivity index (χ0) is 20.5. The summed E-state index contributed by atoms with van der Waals surface area (Å²) < 4.78 is 7.28. The zero-order valence-corrected chi connectivity index (χ0v) is 17.7. The first kappa shape index (κ1) is 19.4. The molecule has 1 aromatic heterocycles. The van der Waals surface area contributed by atoms with E-state index in [0.29, 0.717) is 18.0 Å². The van der Waals surface area contributed by atoms with Gasteiger partial charge in [0.2, 0.25) is 0 Å². The lowest BCUT2D eigenvalue weighted by Gasteiger charge is -2.41. The Morgan fingerprint density at radius 1 is 0.867 bits per heavy atom. The molecule has 2 aromatic carbocycles. The number of nitrogens with zero attached hydrogens (tertiary/aromatic N) is 2. The molecule has 1 N–H and O–H groups in total. The second kappa shape index (κ2) is 8.31. The van der Waals surface area contributed by atoms with Crippen molar-refractivity contribution in [3.05, 3.63) is 64.6 Å². The first-order valence-electron chi connectivity index (χ1n) is 11.3. The monoisotopic (exact) mass is 405 g/mol. The maximum Gasteiger partial charge on any atom is 0.326 e. The van der Waals surface area contributed by atoms with Gasteiger partial charge in [-0.2, -0.15) is 0 Å². The van der Waals surface area contributed by atoms with Crippen molar-refractivity contribution in [2.45, 2.75) is 56.5 Å². The van der Waals surface area contributed by atoms with Gasteiger partial charge in [-0.3, -0.25) is 4.57 Å². The number of rotatable bonds is 4. The summed E-state index contributed by atoms with van der Waals surface area (Å²) in [5.74, 6) is 1.61. The van der Waals surface area contributed by atoms with Crippen LogP contribution in [0.1, 0.15) is 56.0 Å². The van der Waals surface area contributed by atoms with Crippen LogP contribution in [0.2, 0.25) is 0 Å². The van der Waals surface area contributed by atoms with Crippen LogP contribution in [0, 0.1) is 0 Å². The summed E-state index contributed by atoms with van der Waals surface area (Å²) in [7, 11) is 1.72. The highest BCUT2D eigenvalue weighted by Crippen LogP contribution is 2.37. The molecule has 1 aliphatic heterocycles. The van der Waals surface area contributed by atoms with Crippen molar-refractivity contribution in [2.24, 2.45) is 0 Å². The molecular weight excluding hydrogens is 374 g/mol. The van der Waals surface area contributed by atoms with Crippen LogP contribution in [-0.4, -0.2) is 40.7 Å². The number of piperidine rings is 1. The number of para-hydroxylation sites is 2. The first-order valence-corrected chi connectivity index (χ1v) is 11.3. The summed E-state index contributed by atoms with van der Waals surface area (Å²) in [6.45, 7) is 2.18. The Labute approximate surface area is 177 Å². The van der Waals surface area contributed by atoms with Gasteiger partial charge in [-0.05, 0) is 74.3 Å². The number of hydrogen-bond acceptors (Lipinski definition) is 3. The van der Waals surface area contributed by atoms with Gasteiger partial charge in [-0.25, -0.2) is 4.79 Å². The Kier molecular flexibility index (Phi) is 5.38. The summed E-state index contributed by atoms with van der Waals surface area (Å²) in [6, 6.07) is 17.7. The van der Waals surface area contributed by atoms with E-state index in [0.717, 1.165) is 42.7 Å². The molecule has 0 unspecified atom stereocenters. The highest BCUT2D eigenvalue weighted by molar-refractivity contribution is 5.75. The molecule has 3 aromatic rings. The first-order chi connectivity index (χ1) is 14.7. The smallest absolute Gasteiger partial charge is 0.326 e. The summed E-state index contributed by atoms with van der Waals surface area (Å²) >= 11 is 0. The topological polar surface area (TPSA) is 50.3 Å². The van der Waals surface area contributed by atoms with E-state index in [9.17, 15) is 4.79 Å². The minimum Gasteiger partial charge on any atom is -0.497 e. The number of benzene rings is 2. The number of methoxy groups -OCH3 is 1. The van der Waals surface area contributed by atoms with Gasteiger partial charge < -0.3 is 14.6 Å². The molecule has 0 radical (unpaired) electrons. The molecule has 1 aliphatic carbocycles. The van der Waals surface area contributed by atoms with Gasteiger partial charge in [-0.15, -0.1) is 0 Å². The summed E-state index contributed by atoms with van der Waals surface area (Å²) in [4.78, 5) is 18.2. The third-order valence-corrected chi connectivity index (χ3v) is 7.29. The van der Waals surface area contributed by atoms with Crippen LogP contribution in [0.3, 0.4) is 0 Å². The SMILES string of the molecule is COc1ccc(C2CCC(N3CCC(n4c(=O)[nH]c5ccccc54)CC3)CC2)cc1. The lowest BCUT2D eigenvalue weighted by atomic mass is 9.80. The van der Waals surface area contributed by atoms with Gasteiger partial charge in [0.05, 0.1) is 18.1 Å². The fourth-order valence-corrected chi connectivity index (χ4v) is 5.60. The lowest BCUT2D eigenvalue weighted by molar-refractivity contribution is 0.105. The van der Waals surface area contributed by atoms with Crippen molar-refractivity contribution >= 4 is 11.0 Å². The van der Waals surface area contributed by atoms with Crippen LogP contribution in [0.5, 0.6) is 5.75 Å². The number of aromatic nitrogens is 2. The molecule has 30 heavy (non-hydrogen) atoms. The summed E-state index contributed by atoms with van der Waals surface area (Å²) in [5.41, 5.74) is 3.48. The predicted octanol–water partition coefficient (Wildman–Crippen LogP) is 4.70. The fourth-order valence-electron chi connectivity index (χ4n) is 5.60. The van der Waals surface area contributed by atoms with Crippen molar-refractivity contribution in [1.82, 2.24) is 14.5 Å². The Balaban J connectivity index is 1.18. The van der Waals surface area contributed by atoms with E-state index in [2.05, 4.69) is 40.2 Å². The molecule has 2 fully saturated rings. The van der Waals surface area contributed by atoms with Crippen molar-refractivity contribution in [2.75, 3.05) is 20.2 Å². The molecule has 0 spiro atoms. The largest absolute Gasteiger partial charge is 0.497 e. The Morgan fingerprint density at radius 2 is 1.57 bits per heavy atom. The van der Waals surface area contributed by atoms with Crippen LogP contribution < -0.4 is 10.4 Å². The second-order valence-corrected chi connectivity index (χ2v) is 8.86. The minimum absolute atomic E-state index is 0.0367. The lowest BCUT2D eigenvalue weighted by Crippen LogP contribution is -2.44. The number of H-pyrrole nitrogens is 1. The molecule has 2 aliphatic rings. The van der Waals surface area contributed by atoms with E-state index in [4.69, 9.17) is 4.74 Å². The maximum absolute atomic E-state index is 12.5. The molecule has 5 heteroatoms. The van der Waals surface area contributed by atoms with Gasteiger partial charge in [0.25, 0.3) is 0 Å². The zero-order valence-electron chi connectivity index (χ0n) is 17.7. The van der Waals surface area contributed by atoms with Crippen LogP contribution in [0.4, 0.5) is 0 Å². The number of ether oxygens (including phenoxy) is 1. The fraction of sp³-hybridized carbons (Fsp3) is 0.480. The van der Waals surface area contributed by atoms with Crippen LogP contribution in [0.15, 0.2) is 53.3 Å². The van der Waals surface area contributed by atoms with E-state index in [-0.39, 0.29) is 5.69 Å². The minimum atomic E-state index is 0.0367. The third-order valence-electron chi connectivity index (χ3n) is 7.29. The third kappa shape index (κ3) is 3.67. The second-order valence-electron chi connectivity index (χ2n) is 8.86. The highest BCUT2D eigenvalue weighted by atomic mass is 16.5. The van der Waals surface area contributed by atoms with Crippen LogP contribution >= 0.6 is 0 Å². The van der Waals surface area contributed by atoms with Gasteiger partial charge in [0, 0.05) is 25.2 Å². The van der Waals surface area contributed by atoms with Gasteiger partial charge in [-0.1, -0.05) is 24.3 Å². The number of hydrogen-bond donors (Lipinski definition) is 1. The van der Waals surface area contributed by atoms with Crippen molar-refractivity contribution < 1.29 is 4.74 Å². The average Bonchev–Trinajstić information content (AvgIpc) is 3.15. The van der Waals surface area contributed by atoms with Gasteiger partial charge in [0.1, 0.15) is 5.75 Å². The normalized spacial score (nSPS) is 23.6. The molecule has 5 nitrogen and oxygen atoms in total. The highest BCUT2D eigenvalue weighted by Gasteiger charge is 2.30. The van der Waals surface area contributed by atoms with Crippen LogP contribution in [0.25, 0.3) is 11.0 Å². The molecule has 1 saturated heterocycles. The van der Waals surface area contributed by atoms with Crippen molar-refractivity contribution in [3.8, 4) is 5.75 Å².